The summed E-state index contributed by atoms with van der Waals surface area (Å²) in [7, 11) is 0. The van der Waals surface area contributed by atoms with E-state index >= 15 is 0 Å². The molecular formula is C12H8N4O2. The molecule has 3 aromatic rings. The van der Waals surface area contributed by atoms with Crippen molar-refractivity contribution in [2.75, 3.05) is 0 Å². The van der Waals surface area contributed by atoms with Gasteiger partial charge in [-0.3, -0.25) is 4.98 Å². The third-order valence-corrected chi connectivity index (χ3v) is 2.48. The van der Waals surface area contributed by atoms with E-state index in [0.717, 1.165) is 11.0 Å². The normalized spacial score (nSPS) is 10.7. The van der Waals surface area contributed by atoms with Gasteiger partial charge in [-0.2, -0.15) is 5.10 Å². The number of fused-ring (bicyclic) bond motifs is 1. The van der Waals surface area contributed by atoms with Crippen LogP contribution in [0.5, 0.6) is 0 Å². The van der Waals surface area contributed by atoms with Crippen molar-refractivity contribution in [3.63, 3.8) is 0 Å². The number of benzene rings is 1. The van der Waals surface area contributed by atoms with E-state index in [1.165, 1.54) is 10.7 Å². The molecule has 0 aliphatic rings. The molecule has 3 rings (SSSR count). The monoisotopic (exact) mass is 240 g/mol. The number of hydrogen-bond donors (Lipinski definition) is 1. The first-order valence-electron chi connectivity index (χ1n) is 5.25. The Bertz CT molecular complexity index is 736. The Balaban J connectivity index is 2.10. The highest BCUT2D eigenvalue weighted by molar-refractivity contribution is 5.85. The minimum absolute atomic E-state index is 0.0232. The lowest BCUT2D eigenvalue weighted by atomic mass is 10.3. The zero-order valence-electron chi connectivity index (χ0n) is 9.19. The van der Waals surface area contributed by atoms with Crippen molar-refractivity contribution in [3.8, 4) is 5.82 Å². The molecule has 18 heavy (non-hydrogen) atoms. The molecule has 2 aromatic heterocycles. The molecule has 0 fully saturated rings. The molecular weight excluding hydrogens is 232 g/mol. The van der Waals surface area contributed by atoms with Crippen LogP contribution in [0.4, 0.5) is 0 Å². The minimum Gasteiger partial charge on any atom is -0.476 e. The van der Waals surface area contributed by atoms with E-state index in [1.54, 1.807) is 12.4 Å². The summed E-state index contributed by atoms with van der Waals surface area (Å²) in [5.74, 6) is -0.580. The first-order valence-corrected chi connectivity index (χ1v) is 5.25. The SMILES string of the molecule is O=C(O)c1ccn(-c2cnc3ccccc3n2)n1. The Labute approximate surface area is 102 Å². The topological polar surface area (TPSA) is 80.9 Å². The van der Waals surface area contributed by atoms with E-state index in [2.05, 4.69) is 15.1 Å². The van der Waals surface area contributed by atoms with Crippen LogP contribution in [-0.4, -0.2) is 30.8 Å². The van der Waals surface area contributed by atoms with Crippen molar-refractivity contribution in [3.05, 3.63) is 48.4 Å². The van der Waals surface area contributed by atoms with Gasteiger partial charge in [0.1, 0.15) is 0 Å². The third kappa shape index (κ3) is 1.69. The molecule has 0 saturated carbocycles. The van der Waals surface area contributed by atoms with Crippen molar-refractivity contribution in [1.29, 1.82) is 0 Å². The standard InChI is InChI=1S/C12H8N4O2/c17-12(18)10-5-6-16(15-10)11-7-13-8-3-1-2-4-9(8)14-11/h1-7H,(H,17,18). The zero-order chi connectivity index (χ0) is 12.5. The maximum Gasteiger partial charge on any atom is 0.356 e. The van der Waals surface area contributed by atoms with Gasteiger partial charge in [-0.25, -0.2) is 14.5 Å². The van der Waals surface area contributed by atoms with Crippen LogP contribution in [0.3, 0.4) is 0 Å². The Morgan fingerprint density at radius 3 is 2.67 bits per heavy atom. The van der Waals surface area contributed by atoms with Gasteiger partial charge in [0.25, 0.3) is 0 Å². The quantitative estimate of drug-likeness (QED) is 0.734. The lowest BCUT2D eigenvalue weighted by Crippen LogP contribution is -2.03. The van der Waals surface area contributed by atoms with Crippen molar-refractivity contribution in [2.45, 2.75) is 0 Å². The van der Waals surface area contributed by atoms with Crippen molar-refractivity contribution in [1.82, 2.24) is 19.7 Å². The molecule has 0 radical (unpaired) electrons. The van der Waals surface area contributed by atoms with Crippen LogP contribution in [0.25, 0.3) is 16.9 Å². The van der Waals surface area contributed by atoms with Crippen LogP contribution in [0.15, 0.2) is 42.7 Å². The predicted octanol–water partition coefficient (Wildman–Crippen LogP) is 1.51. The van der Waals surface area contributed by atoms with Gasteiger partial charge in [0.05, 0.1) is 17.2 Å². The summed E-state index contributed by atoms with van der Waals surface area (Å²) in [5.41, 5.74) is 1.50. The fraction of sp³-hybridized carbons (Fsp3) is 0. The van der Waals surface area contributed by atoms with Crippen LogP contribution in [0.2, 0.25) is 0 Å². The molecule has 0 atom stereocenters. The average molecular weight is 240 g/mol. The highest BCUT2D eigenvalue weighted by Gasteiger charge is 2.08. The van der Waals surface area contributed by atoms with E-state index in [1.807, 2.05) is 24.3 Å². The molecule has 2 heterocycles. The zero-order valence-corrected chi connectivity index (χ0v) is 9.19. The molecule has 0 aliphatic heterocycles. The number of carbonyl (C=O) groups is 1. The number of aromatic nitrogens is 4. The van der Waals surface area contributed by atoms with E-state index in [4.69, 9.17) is 5.11 Å². The number of para-hydroxylation sites is 2. The molecule has 88 valence electrons. The summed E-state index contributed by atoms with van der Waals surface area (Å²) in [6, 6.07) is 8.87. The number of rotatable bonds is 2. The summed E-state index contributed by atoms with van der Waals surface area (Å²) in [6.07, 6.45) is 3.10. The van der Waals surface area contributed by atoms with Crippen molar-refractivity contribution < 1.29 is 9.90 Å². The third-order valence-electron chi connectivity index (χ3n) is 2.48. The lowest BCUT2D eigenvalue weighted by Gasteiger charge is -2.01. The maximum atomic E-state index is 10.7. The number of aromatic carboxylic acids is 1. The highest BCUT2D eigenvalue weighted by Crippen LogP contribution is 2.11. The van der Waals surface area contributed by atoms with E-state index in [0.29, 0.717) is 5.82 Å². The molecule has 1 aromatic carbocycles. The number of hydrogen-bond acceptors (Lipinski definition) is 4. The fourth-order valence-electron chi connectivity index (χ4n) is 1.62. The van der Waals surface area contributed by atoms with Crippen LogP contribution in [0, 0.1) is 0 Å². The van der Waals surface area contributed by atoms with Crippen LogP contribution in [-0.2, 0) is 0 Å². The van der Waals surface area contributed by atoms with Gasteiger partial charge < -0.3 is 5.11 Å². The summed E-state index contributed by atoms with van der Waals surface area (Å²) in [5, 5.41) is 12.7. The summed E-state index contributed by atoms with van der Waals surface area (Å²) in [4.78, 5) is 19.4. The minimum atomic E-state index is -1.07. The summed E-state index contributed by atoms with van der Waals surface area (Å²) in [6.45, 7) is 0. The Morgan fingerprint density at radius 2 is 1.94 bits per heavy atom. The van der Waals surface area contributed by atoms with E-state index in [9.17, 15) is 4.79 Å². The first kappa shape index (κ1) is 10.4. The number of carboxylic acid groups (broad SMARTS) is 1. The lowest BCUT2D eigenvalue weighted by molar-refractivity contribution is 0.0690. The van der Waals surface area contributed by atoms with Gasteiger partial charge in [0.15, 0.2) is 11.5 Å². The summed E-state index contributed by atoms with van der Waals surface area (Å²) < 4.78 is 1.39. The average Bonchev–Trinajstić information content (AvgIpc) is 2.88. The predicted molar refractivity (Wildman–Crippen MR) is 63.6 cm³/mol. The van der Waals surface area contributed by atoms with Crippen LogP contribution < -0.4 is 0 Å². The van der Waals surface area contributed by atoms with Gasteiger partial charge in [-0.05, 0) is 18.2 Å². The number of nitrogens with zero attached hydrogens (tertiary/aromatic N) is 4. The fourth-order valence-corrected chi connectivity index (χ4v) is 1.62. The molecule has 6 heteroatoms. The number of carboxylic acids is 1. The first-order chi connectivity index (χ1) is 8.74. The molecule has 0 unspecified atom stereocenters. The van der Waals surface area contributed by atoms with Gasteiger partial charge in [0.2, 0.25) is 0 Å². The van der Waals surface area contributed by atoms with Crippen molar-refractivity contribution >= 4 is 17.0 Å². The molecule has 0 amide bonds. The van der Waals surface area contributed by atoms with Crippen LogP contribution in [0.1, 0.15) is 10.5 Å². The van der Waals surface area contributed by atoms with E-state index < -0.39 is 5.97 Å². The molecule has 0 aliphatic carbocycles. The van der Waals surface area contributed by atoms with Gasteiger partial charge in [0, 0.05) is 6.20 Å². The second kappa shape index (κ2) is 3.92. The largest absolute Gasteiger partial charge is 0.476 e. The molecule has 0 spiro atoms. The van der Waals surface area contributed by atoms with Crippen LogP contribution >= 0.6 is 0 Å². The second-order valence-electron chi connectivity index (χ2n) is 3.67. The van der Waals surface area contributed by atoms with Crippen molar-refractivity contribution in [2.24, 2.45) is 0 Å². The molecule has 0 saturated heterocycles. The Hall–Kier alpha value is -2.76. The molecule has 6 nitrogen and oxygen atoms in total. The molecule has 1 N–H and O–H groups in total. The Morgan fingerprint density at radius 1 is 1.17 bits per heavy atom. The smallest absolute Gasteiger partial charge is 0.356 e. The van der Waals surface area contributed by atoms with Gasteiger partial charge >= 0.3 is 5.97 Å². The summed E-state index contributed by atoms with van der Waals surface area (Å²) >= 11 is 0. The van der Waals surface area contributed by atoms with E-state index in [-0.39, 0.29) is 5.69 Å². The second-order valence-corrected chi connectivity index (χ2v) is 3.67. The van der Waals surface area contributed by atoms with Gasteiger partial charge in [-0.1, -0.05) is 12.1 Å². The maximum absolute atomic E-state index is 10.7. The molecule has 0 bridgehead atoms. The van der Waals surface area contributed by atoms with Gasteiger partial charge in [-0.15, -0.1) is 0 Å². The Kier molecular flexibility index (Phi) is 2.26. The highest BCUT2D eigenvalue weighted by atomic mass is 16.4.